The Hall–Kier alpha value is -3.51. The third kappa shape index (κ3) is 5.10. The lowest BCUT2D eigenvalue weighted by Gasteiger charge is -2.14. The van der Waals surface area contributed by atoms with Crippen molar-refractivity contribution in [1.82, 2.24) is 10.2 Å². The number of nitrogens with one attached hydrogen (secondary N) is 1. The zero-order valence-electron chi connectivity index (χ0n) is 16.8. The molecule has 0 fully saturated rings. The maximum Gasteiger partial charge on any atom is 0.269 e. The molecule has 0 aliphatic heterocycles. The number of ether oxygens (including phenoxy) is 1. The first-order valence-corrected chi connectivity index (χ1v) is 9.49. The molecule has 0 aliphatic carbocycles. The van der Waals surface area contributed by atoms with E-state index in [0.717, 1.165) is 5.56 Å². The zero-order valence-corrected chi connectivity index (χ0v) is 17.6. The first kappa shape index (κ1) is 21.2. The molecule has 1 aromatic heterocycles. The molecule has 1 heterocycles. The van der Waals surface area contributed by atoms with E-state index in [-0.39, 0.29) is 11.6 Å². The SMILES string of the molecule is COc1ccc(C(=O)N/C(=C\c2ccc(-c3cccc(Cl)c3)o2)C(=O)N(C)C)cc1. The van der Waals surface area contributed by atoms with Gasteiger partial charge in [0, 0.05) is 36.3 Å². The lowest BCUT2D eigenvalue weighted by atomic mass is 10.2. The second kappa shape index (κ2) is 9.33. The molecule has 7 heteroatoms. The van der Waals surface area contributed by atoms with Gasteiger partial charge in [0.2, 0.25) is 0 Å². The number of furan rings is 1. The normalized spacial score (nSPS) is 11.1. The monoisotopic (exact) mass is 424 g/mol. The van der Waals surface area contributed by atoms with E-state index in [9.17, 15) is 9.59 Å². The fourth-order valence-corrected chi connectivity index (χ4v) is 2.89. The number of benzene rings is 2. The van der Waals surface area contributed by atoms with Gasteiger partial charge in [0.25, 0.3) is 11.8 Å². The maximum atomic E-state index is 12.6. The molecule has 0 radical (unpaired) electrons. The molecule has 30 heavy (non-hydrogen) atoms. The number of carbonyl (C=O) groups excluding carboxylic acids is 2. The lowest BCUT2D eigenvalue weighted by Crippen LogP contribution is -2.34. The molecule has 0 saturated carbocycles. The van der Waals surface area contributed by atoms with E-state index in [1.165, 1.54) is 11.0 Å². The highest BCUT2D eigenvalue weighted by Gasteiger charge is 2.17. The van der Waals surface area contributed by atoms with Crippen LogP contribution in [0, 0.1) is 0 Å². The second-order valence-corrected chi connectivity index (χ2v) is 7.09. The molecular formula is C23H21ClN2O4. The molecule has 0 atom stereocenters. The summed E-state index contributed by atoms with van der Waals surface area (Å²) in [6.45, 7) is 0. The van der Waals surface area contributed by atoms with Gasteiger partial charge in [0.15, 0.2) is 0 Å². The number of hydrogen-bond donors (Lipinski definition) is 1. The highest BCUT2D eigenvalue weighted by atomic mass is 35.5. The summed E-state index contributed by atoms with van der Waals surface area (Å²) in [4.78, 5) is 26.6. The Morgan fingerprint density at radius 2 is 1.80 bits per heavy atom. The van der Waals surface area contributed by atoms with Gasteiger partial charge in [0.05, 0.1) is 7.11 Å². The summed E-state index contributed by atoms with van der Waals surface area (Å²) in [5, 5.41) is 3.26. The standard InChI is InChI=1S/C23H21ClN2O4/c1-26(2)23(28)20(25-22(27)15-7-9-18(29-3)10-8-15)14-19-11-12-21(30-19)16-5-4-6-17(24)13-16/h4-14H,1-3H3,(H,25,27)/b20-14-. The molecule has 0 saturated heterocycles. The smallest absolute Gasteiger partial charge is 0.269 e. The highest BCUT2D eigenvalue weighted by Crippen LogP contribution is 2.25. The number of rotatable bonds is 6. The van der Waals surface area contributed by atoms with Gasteiger partial charge < -0.3 is 19.4 Å². The Labute approximate surface area is 179 Å². The number of nitrogens with zero attached hydrogens (tertiary/aromatic N) is 1. The Morgan fingerprint density at radius 1 is 1.07 bits per heavy atom. The molecule has 0 aliphatic rings. The van der Waals surface area contributed by atoms with Crippen LogP contribution in [-0.4, -0.2) is 37.9 Å². The summed E-state index contributed by atoms with van der Waals surface area (Å²) in [7, 11) is 4.76. The third-order valence-corrected chi connectivity index (χ3v) is 4.49. The largest absolute Gasteiger partial charge is 0.497 e. The first-order valence-electron chi connectivity index (χ1n) is 9.12. The minimum atomic E-state index is -0.416. The van der Waals surface area contributed by atoms with Crippen molar-refractivity contribution < 1.29 is 18.7 Å². The van der Waals surface area contributed by atoms with Gasteiger partial charge in [-0.05, 0) is 48.5 Å². The Balaban J connectivity index is 1.87. The van der Waals surface area contributed by atoms with Crippen LogP contribution in [0.5, 0.6) is 5.75 Å². The summed E-state index contributed by atoms with van der Waals surface area (Å²) in [5.41, 5.74) is 1.30. The van der Waals surface area contributed by atoms with Crippen molar-refractivity contribution >= 4 is 29.5 Å². The van der Waals surface area contributed by atoms with Crippen LogP contribution in [0.3, 0.4) is 0 Å². The molecular weight excluding hydrogens is 404 g/mol. The molecule has 2 aromatic carbocycles. The van der Waals surface area contributed by atoms with Crippen molar-refractivity contribution in [2.75, 3.05) is 21.2 Å². The van der Waals surface area contributed by atoms with E-state index in [1.54, 1.807) is 69.7 Å². The number of halogens is 1. The van der Waals surface area contributed by atoms with Crippen LogP contribution in [0.15, 0.2) is 70.8 Å². The lowest BCUT2D eigenvalue weighted by molar-refractivity contribution is -0.124. The summed E-state index contributed by atoms with van der Waals surface area (Å²) < 4.78 is 10.9. The van der Waals surface area contributed by atoms with Gasteiger partial charge in [0.1, 0.15) is 23.0 Å². The third-order valence-electron chi connectivity index (χ3n) is 4.26. The average Bonchev–Trinajstić information content (AvgIpc) is 3.21. The minimum Gasteiger partial charge on any atom is -0.497 e. The number of hydrogen-bond acceptors (Lipinski definition) is 4. The summed E-state index contributed by atoms with van der Waals surface area (Å²) in [6.07, 6.45) is 1.50. The topological polar surface area (TPSA) is 71.8 Å². The Kier molecular flexibility index (Phi) is 6.59. The van der Waals surface area contributed by atoms with E-state index < -0.39 is 5.91 Å². The minimum absolute atomic E-state index is 0.0906. The van der Waals surface area contributed by atoms with E-state index in [0.29, 0.717) is 27.9 Å². The van der Waals surface area contributed by atoms with Crippen molar-refractivity contribution in [3.63, 3.8) is 0 Å². The van der Waals surface area contributed by atoms with Crippen LogP contribution in [0.25, 0.3) is 17.4 Å². The Bertz CT molecular complexity index is 1080. The van der Waals surface area contributed by atoms with Crippen LogP contribution in [0.1, 0.15) is 16.1 Å². The first-order chi connectivity index (χ1) is 14.4. The molecule has 3 aromatic rings. The quantitative estimate of drug-likeness (QED) is 0.593. The van der Waals surface area contributed by atoms with E-state index in [4.69, 9.17) is 20.8 Å². The molecule has 0 bridgehead atoms. The maximum absolute atomic E-state index is 12.6. The molecule has 1 N–H and O–H groups in total. The Morgan fingerprint density at radius 3 is 2.43 bits per heavy atom. The predicted octanol–water partition coefficient (Wildman–Crippen LogP) is 4.47. The average molecular weight is 425 g/mol. The van der Waals surface area contributed by atoms with Crippen molar-refractivity contribution in [3.05, 3.63) is 82.7 Å². The number of likely N-dealkylation sites (N-methyl/N-ethyl adjacent to an activating group) is 1. The summed E-state index contributed by atoms with van der Waals surface area (Å²) in [6, 6.07) is 17.3. The fourth-order valence-electron chi connectivity index (χ4n) is 2.70. The predicted molar refractivity (Wildman–Crippen MR) is 116 cm³/mol. The van der Waals surface area contributed by atoms with Crippen LogP contribution >= 0.6 is 11.6 Å². The zero-order chi connectivity index (χ0) is 21.7. The van der Waals surface area contributed by atoms with E-state index in [1.807, 2.05) is 12.1 Å². The molecule has 6 nitrogen and oxygen atoms in total. The number of amides is 2. The van der Waals surface area contributed by atoms with E-state index >= 15 is 0 Å². The molecule has 154 valence electrons. The van der Waals surface area contributed by atoms with Crippen LogP contribution in [0.4, 0.5) is 0 Å². The number of carbonyl (C=O) groups is 2. The fraction of sp³-hybridized carbons (Fsp3) is 0.130. The van der Waals surface area contributed by atoms with Crippen molar-refractivity contribution in [3.8, 4) is 17.1 Å². The molecule has 0 spiro atoms. The van der Waals surface area contributed by atoms with Gasteiger partial charge >= 0.3 is 0 Å². The summed E-state index contributed by atoms with van der Waals surface area (Å²) >= 11 is 6.04. The van der Waals surface area contributed by atoms with Gasteiger partial charge in [-0.1, -0.05) is 23.7 Å². The van der Waals surface area contributed by atoms with Crippen molar-refractivity contribution in [2.45, 2.75) is 0 Å². The van der Waals surface area contributed by atoms with Gasteiger partial charge in [-0.15, -0.1) is 0 Å². The highest BCUT2D eigenvalue weighted by molar-refractivity contribution is 6.30. The van der Waals surface area contributed by atoms with Crippen LogP contribution < -0.4 is 10.1 Å². The van der Waals surface area contributed by atoms with Crippen LogP contribution in [0.2, 0.25) is 5.02 Å². The van der Waals surface area contributed by atoms with Crippen molar-refractivity contribution in [2.24, 2.45) is 0 Å². The summed E-state index contributed by atoms with van der Waals surface area (Å²) in [5.74, 6) is 0.876. The second-order valence-electron chi connectivity index (χ2n) is 6.65. The van der Waals surface area contributed by atoms with Crippen molar-refractivity contribution in [1.29, 1.82) is 0 Å². The van der Waals surface area contributed by atoms with Gasteiger partial charge in [-0.2, -0.15) is 0 Å². The van der Waals surface area contributed by atoms with E-state index in [2.05, 4.69) is 5.32 Å². The van der Waals surface area contributed by atoms with Crippen LogP contribution in [-0.2, 0) is 4.79 Å². The van der Waals surface area contributed by atoms with Gasteiger partial charge in [-0.25, -0.2) is 0 Å². The van der Waals surface area contributed by atoms with Gasteiger partial charge in [-0.3, -0.25) is 9.59 Å². The number of methoxy groups -OCH3 is 1. The molecule has 2 amide bonds. The molecule has 3 rings (SSSR count). The molecule has 0 unspecified atom stereocenters.